The Labute approximate surface area is 212 Å². The van der Waals surface area contributed by atoms with E-state index >= 15 is 0 Å². The van der Waals surface area contributed by atoms with E-state index in [1.54, 1.807) is 0 Å². The predicted molar refractivity (Wildman–Crippen MR) is 145 cm³/mol. The van der Waals surface area contributed by atoms with Gasteiger partial charge in [0.05, 0.1) is 12.3 Å². The summed E-state index contributed by atoms with van der Waals surface area (Å²) < 4.78 is 2.12. The smallest absolute Gasteiger partial charge is 0.192 e. The second kappa shape index (κ2) is 10.2. The van der Waals surface area contributed by atoms with Crippen molar-refractivity contribution in [2.45, 2.75) is 58.7 Å². The van der Waals surface area contributed by atoms with E-state index in [-0.39, 0.29) is 11.2 Å². The maximum atomic E-state index is 13.1. The summed E-state index contributed by atoms with van der Waals surface area (Å²) in [7, 11) is 0. The minimum atomic E-state index is 0.0874. The lowest BCUT2D eigenvalue weighted by Gasteiger charge is -2.19. The Hall–Kier alpha value is -3.18. The highest BCUT2D eigenvalue weighted by molar-refractivity contribution is 7.99. The van der Waals surface area contributed by atoms with E-state index in [1.165, 1.54) is 22.9 Å². The Bertz CT molecular complexity index is 1330. The molecule has 0 unspecified atom stereocenters. The predicted octanol–water partition coefficient (Wildman–Crippen LogP) is 7.19. The number of hydrogen-bond donors (Lipinski definition) is 0. The molecule has 0 aliphatic heterocycles. The zero-order chi connectivity index (χ0) is 25.2. The van der Waals surface area contributed by atoms with Crippen LogP contribution in [0, 0.1) is 20.8 Å². The molecule has 0 radical (unpaired) electrons. The van der Waals surface area contributed by atoms with Crippen LogP contribution in [0.3, 0.4) is 0 Å². The van der Waals surface area contributed by atoms with Crippen molar-refractivity contribution in [1.29, 1.82) is 0 Å². The van der Waals surface area contributed by atoms with Crippen molar-refractivity contribution in [3.8, 4) is 11.4 Å². The van der Waals surface area contributed by atoms with E-state index in [0.29, 0.717) is 12.3 Å². The summed E-state index contributed by atoms with van der Waals surface area (Å²) in [5, 5.41) is 9.80. The molecule has 0 saturated carbocycles. The van der Waals surface area contributed by atoms with Crippen LogP contribution in [0.25, 0.3) is 11.4 Å². The van der Waals surface area contributed by atoms with Gasteiger partial charge in [0.2, 0.25) is 0 Å². The summed E-state index contributed by atoms with van der Waals surface area (Å²) in [4.78, 5) is 13.1. The summed E-state index contributed by atoms with van der Waals surface area (Å²) in [5.41, 5.74) is 7.69. The average molecular weight is 484 g/mol. The maximum Gasteiger partial charge on any atom is 0.192 e. The Morgan fingerprint density at radius 1 is 0.857 bits per heavy atom. The van der Waals surface area contributed by atoms with E-state index < -0.39 is 0 Å². The number of benzene rings is 3. The van der Waals surface area contributed by atoms with Crippen LogP contribution in [-0.2, 0) is 12.0 Å². The Balaban J connectivity index is 1.64. The molecular weight excluding hydrogens is 450 g/mol. The van der Waals surface area contributed by atoms with Crippen molar-refractivity contribution in [2.75, 3.05) is 5.75 Å². The summed E-state index contributed by atoms with van der Waals surface area (Å²) in [6, 6.07) is 22.9. The number of aryl methyl sites for hydroxylation is 3. The quantitative estimate of drug-likeness (QED) is 0.206. The summed E-state index contributed by atoms with van der Waals surface area (Å²) in [6.07, 6.45) is 0. The van der Waals surface area contributed by atoms with Crippen molar-refractivity contribution in [3.63, 3.8) is 0 Å². The monoisotopic (exact) mass is 483 g/mol. The largest absolute Gasteiger partial charge is 0.298 e. The lowest BCUT2D eigenvalue weighted by molar-refractivity contribution is 0.102. The van der Waals surface area contributed by atoms with Gasteiger partial charge in [-0.05, 0) is 60.1 Å². The SMILES string of the molecule is Cc1cc(C)c(C(=O)CSc2nnc(-c3ccc(C(C)(C)C)cc3)n2Cc2ccccc2)cc1C. The molecular formula is C30H33N3OS. The van der Waals surface area contributed by atoms with E-state index in [9.17, 15) is 4.79 Å². The van der Waals surface area contributed by atoms with Gasteiger partial charge >= 0.3 is 0 Å². The molecule has 0 amide bonds. The number of rotatable bonds is 7. The molecule has 1 aromatic heterocycles. The van der Waals surface area contributed by atoms with Gasteiger partial charge in [-0.25, -0.2) is 0 Å². The fraction of sp³-hybridized carbons (Fsp3) is 0.300. The lowest BCUT2D eigenvalue weighted by atomic mass is 9.87. The van der Waals surface area contributed by atoms with Gasteiger partial charge in [-0.2, -0.15) is 0 Å². The summed E-state index contributed by atoms with van der Waals surface area (Å²) >= 11 is 1.45. The molecule has 0 aliphatic carbocycles. The minimum Gasteiger partial charge on any atom is -0.298 e. The second-order valence-corrected chi connectivity index (χ2v) is 11.1. The van der Waals surface area contributed by atoms with Crippen molar-refractivity contribution in [3.05, 3.63) is 100 Å². The Kier molecular flexibility index (Phi) is 7.27. The van der Waals surface area contributed by atoms with Crippen molar-refractivity contribution < 1.29 is 4.79 Å². The van der Waals surface area contributed by atoms with Crippen LogP contribution in [0.4, 0.5) is 0 Å². The fourth-order valence-electron chi connectivity index (χ4n) is 4.11. The average Bonchev–Trinajstić information content (AvgIpc) is 3.22. The lowest BCUT2D eigenvalue weighted by Crippen LogP contribution is -2.11. The molecule has 0 atom stereocenters. The first-order valence-electron chi connectivity index (χ1n) is 12.0. The van der Waals surface area contributed by atoms with Crippen molar-refractivity contribution in [1.82, 2.24) is 14.8 Å². The number of carbonyl (C=O) groups excluding carboxylic acids is 1. The first-order valence-corrected chi connectivity index (χ1v) is 12.9. The van der Waals surface area contributed by atoms with Gasteiger partial charge in [0.25, 0.3) is 0 Å². The van der Waals surface area contributed by atoms with Gasteiger partial charge in [0.1, 0.15) is 0 Å². The molecule has 0 fully saturated rings. The molecule has 3 aromatic carbocycles. The van der Waals surface area contributed by atoms with Crippen LogP contribution in [0.2, 0.25) is 0 Å². The number of hydrogen-bond acceptors (Lipinski definition) is 4. The summed E-state index contributed by atoms with van der Waals surface area (Å²) in [6.45, 7) is 13.4. The normalized spacial score (nSPS) is 11.6. The third-order valence-corrected chi connectivity index (χ3v) is 7.35. The topological polar surface area (TPSA) is 47.8 Å². The van der Waals surface area contributed by atoms with Gasteiger partial charge in [-0.3, -0.25) is 9.36 Å². The molecule has 1 heterocycles. The zero-order valence-corrected chi connectivity index (χ0v) is 22.2. The zero-order valence-electron chi connectivity index (χ0n) is 21.4. The van der Waals surface area contributed by atoms with E-state index in [0.717, 1.165) is 38.8 Å². The molecule has 4 rings (SSSR count). The Morgan fingerprint density at radius 2 is 1.51 bits per heavy atom. The highest BCUT2D eigenvalue weighted by Gasteiger charge is 2.19. The van der Waals surface area contributed by atoms with Crippen LogP contribution in [0.1, 0.15) is 58.9 Å². The number of carbonyl (C=O) groups is 1. The van der Waals surface area contributed by atoms with E-state index in [4.69, 9.17) is 0 Å². The Morgan fingerprint density at radius 3 is 2.17 bits per heavy atom. The van der Waals surface area contributed by atoms with Crippen LogP contribution in [-0.4, -0.2) is 26.3 Å². The first-order chi connectivity index (χ1) is 16.6. The third kappa shape index (κ3) is 5.73. The molecule has 0 spiro atoms. The molecule has 5 heteroatoms. The van der Waals surface area contributed by atoms with Crippen molar-refractivity contribution >= 4 is 17.5 Å². The number of nitrogens with zero attached hydrogens (tertiary/aromatic N) is 3. The molecule has 0 N–H and O–H groups in total. The number of ketones is 1. The standard InChI is InChI=1S/C30H33N3OS/c1-20-16-22(3)26(17-21(20)2)27(34)19-35-29-32-31-28(33(29)18-23-10-8-7-9-11-23)24-12-14-25(15-13-24)30(4,5)6/h7-17H,18-19H2,1-6H3. The van der Waals surface area contributed by atoms with Gasteiger partial charge in [-0.1, -0.05) is 93.2 Å². The van der Waals surface area contributed by atoms with Gasteiger partial charge in [-0.15, -0.1) is 10.2 Å². The van der Waals surface area contributed by atoms with Crippen LogP contribution in [0.15, 0.2) is 71.9 Å². The number of aromatic nitrogens is 3. The minimum absolute atomic E-state index is 0.0874. The second-order valence-electron chi connectivity index (χ2n) is 10.2. The van der Waals surface area contributed by atoms with E-state index in [1.807, 2.05) is 38.1 Å². The number of thioether (sulfide) groups is 1. The molecule has 0 aliphatic rings. The van der Waals surface area contributed by atoms with Crippen LogP contribution in [0.5, 0.6) is 0 Å². The highest BCUT2D eigenvalue weighted by atomic mass is 32.2. The fourth-order valence-corrected chi connectivity index (χ4v) is 4.93. The molecule has 4 aromatic rings. The van der Waals surface area contributed by atoms with Crippen molar-refractivity contribution in [2.24, 2.45) is 0 Å². The third-order valence-electron chi connectivity index (χ3n) is 6.38. The molecule has 0 saturated heterocycles. The van der Waals surface area contributed by atoms with Crippen LogP contribution >= 0.6 is 11.8 Å². The summed E-state index contributed by atoms with van der Waals surface area (Å²) in [5.74, 6) is 1.24. The molecule has 0 bridgehead atoms. The first kappa shape index (κ1) is 24.9. The van der Waals surface area contributed by atoms with Gasteiger partial charge < -0.3 is 0 Å². The maximum absolute atomic E-state index is 13.1. The molecule has 4 nitrogen and oxygen atoms in total. The van der Waals surface area contributed by atoms with Crippen LogP contribution < -0.4 is 0 Å². The van der Waals surface area contributed by atoms with Gasteiger partial charge in [0, 0.05) is 11.1 Å². The van der Waals surface area contributed by atoms with Gasteiger partial charge in [0.15, 0.2) is 16.8 Å². The molecule has 35 heavy (non-hydrogen) atoms. The van der Waals surface area contributed by atoms with E-state index in [2.05, 4.69) is 84.9 Å². The highest BCUT2D eigenvalue weighted by Crippen LogP contribution is 2.29. The molecule has 180 valence electrons. The number of Topliss-reactive ketones (excluding diaryl/α,β-unsaturated/α-hetero) is 1.